The van der Waals surface area contributed by atoms with Crippen molar-refractivity contribution >= 4 is 29.1 Å². The average molecular weight is 300 g/mol. The maximum Gasteiger partial charge on any atom is 0.254 e. The number of nitrogens with zero attached hydrogens (tertiary/aromatic N) is 1. The van der Waals surface area contributed by atoms with Crippen molar-refractivity contribution in [3.8, 4) is 0 Å². The van der Waals surface area contributed by atoms with Crippen LogP contribution in [0.3, 0.4) is 0 Å². The number of carbonyl (C=O) groups excluding carboxylic acids is 1. The highest BCUT2D eigenvalue weighted by molar-refractivity contribution is 6.31. The quantitative estimate of drug-likeness (QED) is 0.752. The second-order valence-electron chi connectivity index (χ2n) is 5.27. The van der Waals surface area contributed by atoms with Crippen LogP contribution in [0.15, 0.2) is 18.2 Å². The number of amides is 1. The highest BCUT2D eigenvalue weighted by Crippen LogP contribution is 2.26. The zero-order valence-electron chi connectivity index (χ0n) is 11.3. The summed E-state index contributed by atoms with van der Waals surface area (Å²) in [5.74, 6) is 0.604. The highest BCUT2D eigenvalue weighted by Gasteiger charge is 2.26. The summed E-state index contributed by atoms with van der Waals surface area (Å²) in [5.41, 5.74) is 1.69. The Morgan fingerprint density at radius 1 is 1.37 bits per heavy atom. The van der Waals surface area contributed by atoms with E-state index < -0.39 is 0 Å². The third kappa shape index (κ3) is 3.43. The van der Waals surface area contributed by atoms with Gasteiger partial charge in [-0.1, -0.05) is 17.7 Å². The van der Waals surface area contributed by atoms with E-state index in [1.807, 2.05) is 30.9 Å². The molecule has 1 fully saturated rings. The first-order valence-electron chi connectivity index (χ1n) is 6.68. The summed E-state index contributed by atoms with van der Waals surface area (Å²) in [6, 6.07) is 5.47. The molecule has 1 unspecified atom stereocenters. The van der Waals surface area contributed by atoms with Crippen LogP contribution in [0.25, 0.3) is 0 Å². The van der Waals surface area contributed by atoms with Crippen molar-refractivity contribution in [3.05, 3.63) is 34.3 Å². The van der Waals surface area contributed by atoms with Gasteiger partial charge in [0, 0.05) is 29.1 Å². The molecule has 0 aromatic heterocycles. The molecule has 0 aliphatic carbocycles. The first kappa shape index (κ1) is 14.7. The van der Waals surface area contributed by atoms with Gasteiger partial charge in [0.25, 0.3) is 5.91 Å². The number of halogens is 2. The van der Waals surface area contributed by atoms with Crippen LogP contribution < -0.4 is 0 Å². The zero-order chi connectivity index (χ0) is 14.0. The monoisotopic (exact) mass is 299 g/mol. The van der Waals surface area contributed by atoms with Crippen molar-refractivity contribution in [2.75, 3.05) is 13.1 Å². The van der Waals surface area contributed by atoms with Crippen molar-refractivity contribution in [2.45, 2.75) is 32.1 Å². The van der Waals surface area contributed by atoms with Gasteiger partial charge in [0.05, 0.1) is 0 Å². The number of likely N-dealkylation sites (tertiary alicyclic amines) is 1. The normalized spacial score (nSPS) is 18.4. The Kier molecular flexibility index (Phi) is 4.75. The number of benzene rings is 1. The molecule has 0 N–H and O–H groups in total. The number of hydrogen-bond acceptors (Lipinski definition) is 1. The topological polar surface area (TPSA) is 20.3 Å². The fourth-order valence-corrected chi connectivity index (χ4v) is 2.98. The highest BCUT2D eigenvalue weighted by atomic mass is 35.5. The summed E-state index contributed by atoms with van der Waals surface area (Å²) in [6.07, 6.45) is 1.96. The lowest BCUT2D eigenvalue weighted by Gasteiger charge is -2.33. The second kappa shape index (κ2) is 6.15. The Morgan fingerprint density at radius 3 is 2.58 bits per heavy atom. The molecular formula is C15H19Cl2NO. The molecule has 0 saturated carbocycles. The average Bonchev–Trinajstić information content (AvgIpc) is 2.41. The van der Waals surface area contributed by atoms with Gasteiger partial charge in [-0.15, -0.1) is 11.6 Å². The minimum atomic E-state index is 0.0840. The van der Waals surface area contributed by atoms with Crippen molar-refractivity contribution in [2.24, 2.45) is 5.92 Å². The smallest absolute Gasteiger partial charge is 0.254 e. The molecule has 1 heterocycles. The Balaban J connectivity index is 2.07. The molecule has 1 atom stereocenters. The van der Waals surface area contributed by atoms with Crippen molar-refractivity contribution in [1.82, 2.24) is 4.90 Å². The molecule has 1 aliphatic heterocycles. The summed E-state index contributed by atoms with van der Waals surface area (Å²) in [6.45, 7) is 5.54. The van der Waals surface area contributed by atoms with Crippen LogP contribution >= 0.6 is 23.2 Å². The molecule has 2 rings (SSSR count). The standard InChI is InChI=1S/C15H19Cl2NO/c1-10-3-4-13(17)9-14(10)15(19)18-7-5-12(6-8-18)11(2)16/h3-4,9,11-12H,5-8H2,1-2H3. The van der Waals surface area contributed by atoms with E-state index in [1.165, 1.54) is 0 Å². The Labute approximate surface area is 124 Å². The Hall–Kier alpha value is -0.730. The Morgan fingerprint density at radius 2 is 2.00 bits per heavy atom. The molecule has 1 aromatic carbocycles. The third-order valence-electron chi connectivity index (χ3n) is 3.91. The van der Waals surface area contributed by atoms with Gasteiger partial charge in [-0.05, 0) is 50.3 Å². The maximum atomic E-state index is 12.5. The summed E-state index contributed by atoms with van der Waals surface area (Å²) in [7, 11) is 0. The largest absolute Gasteiger partial charge is 0.339 e. The molecular weight excluding hydrogens is 281 g/mol. The van der Waals surface area contributed by atoms with Gasteiger partial charge in [-0.2, -0.15) is 0 Å². The van der Waals surface area contributed by atoms with Crippen LogP contribution in [0.1, 0.15) is 35.7 Å². The van der Waals surface area contributed by atoms with E-state index in [0.717, 1.165) is 31.5 Å². The molecule has 4 heteroatoms. The molecule has 0 radical (unpaired) electrons. The van der Waals surface area contributed by atoms with Gasteiger partial charge in [0.2, 0.25) is 0 Å². The Bertz CT molecular complexity index is 465. The van der Waals surface area contributed by atoms with E-state index in [4.69, 9.17) is 23.2 Å². The zero-order valence-corrected chi connectivity index (χ0v) is 12.8. The molecule has 1 aliphatic rings. The summed E-state index contributed by atoms with van der Waals surface area (Å²) < 4.78 is 0. The van der Waals surface area contributed by atoms with Crippen LogP contribution in [-0.4, -0.2) is 29.3 Å². The number of rotatable bonds is 2. The lowest BCUT2D eigenvalue weighted by atomic mass is 9.93. The third-order valence-corrected chi connectivity index (χ3v) is 4.50. The van der Waals surface area contributed by atoms with Gasteiger partial charge < -0.3 is 4.90 Å². The minimum Gasteiger partial charge on any atom is -0.339 e. The fraction of sp³-hybridized carbons (Fsp3) is 0.533. The van der Waals surface area contributed by atoms with Crippen LogP contribution in [0.2, 0.25) is 5.02 Å². The van der Waals surface area contributed by atoms with Crippen LogP contribution in [-0.2, 0) is 0 Å². The van der Waals surface area contributed by atoms with E-state index in [2.05, 4.69) is 0 Å². The number of hydrogen-bond donors (Lipinski definition) is 0. The van der Waals surface area contributed by atoms with Crippen molar-refractivity contribution in [3.63, 3.8) is 0 Å². The minimum absolute atomic E-state index is 0.0840. The summed E-state index contributed by atoms with van der Waals surface area (Å²) in [4.78, 5) is 14.4. The first-order chi connectivity index (χ1) is 8.99. The van der Waals surface area contributed by atoms with Crippen LogP contribution in [0.4, 0.5) is 0 Å². The maximum absolute atomic E-state index is 12.5. The van der Waals surface area contributed by atoms with E-state index in [9.17, 15) is 4.79 Å². The van der Waals surface area contributed by atoms with Crippen LogP contribution in [0.5, 0.6) is 0 Å². The molecule has 0 bridgehead atoms. The van der Waals surface area contributed by atoms with Gasteiger partial charge in [-0.3, -0.25) is 4.79 Å². The van der Waals surface area contributed by atoms with Crippen molar-refractivity contribution < 1.29 is 4.79 Å². The summed E-state index contributed by atoms with van der Waals surface area (Å²) in [5, 5.41) is 0.795. The molecule has 104 valence electrons. The van der Waals surface area contributed by atoms with Gasteiger partial charge in [0.1, 0.15) is 0 Å². The van der Waals surface area contributed by atoms with Crippen LogP contribution in [0, 0.1) is 12.8 Å². The van der Waals surface area contributed by atoms with E-state index in [1.54, 1.807) is 6.07 Å². The number of piperidine rings is 1. The first-order valence-corrected chi connectivity index (χ1v) is 7.50. The van der Waals surface area contributed by atoms with Gasteiger partial charge in [0.15, 0.2) is 0 Å². The molecule has 1 aromatic rings. The number of aryl methyl sites for hydroxylation is 1. The van der Waals surface area contributed by atoms with E-state index >= 15 is 0 Å². The molecule has 19 heavy (non-hydrogen) atoms. The summed E-state index contributed by atoms with van der Waals surface area (Å²) >= 11 is 12.1. The van der Waals surface area contributed by atoms with Gasteiger partial charge >= 0.3 is 0 Å². The second-order valence-corrected chi connectivity index (χ2v) is 6.39. The van der Waals surface area contributed by atoms with E-state index in [0.29, 0.717) is 16.5 Å². The molecule has 2 nitrogen and oxygen atoms in total. The lowest BCUT2D eigenvalue weighted by molar-refractivity contribution is 0.0689. The number of alkyl halides is 1. The SMILES string of the molecule is Cc1ccc(Cl)cc1C(=O)N1CCC(C(C)Cl)CC1. The van der Waals surface area contributed by atoms with Gasteiger partial charge in [-0.25, -0.2) is 0 Å². The predicted molar refractivity (Wildman–Crippen MR) is 80.1 cm³/mol. The molecule has 1 saturated heterocycles. The number of carbonyl (C=O) groups is 1. The fourth-order valence-electron chi connectivity index (χ4n) is 2.56. The van der Waals surface area contributed by atoms with Crippen molar-refractivity contribution in [1.29, 1.82) is 0 Å². The van der Waals surface area contributed by atoms with E-state index in [-0.39, 0.29) is 11.3 Å². The molecule has 1 amide bonds. The lowest BCUT2D eigenvalue weighted by Crippen LogP contribution is -2.40. The molecule has 0 spiro atoms. The predicted octanol–water partition coefficient (Wildman–Crippen LogP) is 4.13.